The van der Waals surface area contributed by atoms with E-state index in [0.717, 1.165) is 5.56 Å². The van der Waals surface area contributed by atoms with Gasteiger partial charge < -0.3 is 29.2 Å². The second-order valence-corrected chi connectivity index (χ2v) is 7.08. The molecule has 2 fully saturated rings. The lowest BCUT2D eigenvalue weighted by molar-refractivity contribution is -0.225. The molecule has 7 nitrogen and oxygen atoms in total. The molecule has 1 spiro atoms. The number of rotatable bonds is 5. The highest BCUT2D eigenvalue weighted by atomic mass is 16.8. The summed E-state index contributed by atoms with van der Waals surface area (Å²) < 4.78 is 21.9. The van der Waals surface area contributed by atoms with Crippen molar-refractivity contribution in [3.8, 4) is 5.75 Å². The van der Waals surface area contributed by atoms with Gasteiger partial charge in [-0.3, -0.25) is 0 Å². The zero-order valence-electron chi connectivity index (χ0n) is 15.5. The lowest BCUT2D eigenvalue weighted by Gasteiger charge is -2.42. The molecule has 148 valence electrons. The molecule has 5 atom stereocenters. The van der Waals surface area contributed by atoms with Crippen molar-refractivity contribution < 1.29 is 34.0 Å². The third-order valence-electron chi connectivity index (χ3n) is 5.44. The second kappa shape index (κ2) is 8.39. The van der Waals surface area contributed by atoms with Crippen molar-refractivity contribution in [2.75, 3.05) is 14.2 Å². The van der Waals surface area contributed by atoms with Crippen molar-refractivity contribution >= 4 is 12.0 Å². The van der Waals surface area contributed by atoms with Crippen molar-refractivity contribution in [1.82, 2.24) is 0 Å². The first-order valence-corrected chi connectivity index (χ1v) is 9.03. The molecule has 1 aliphatic heterocycles. The number of aromatic hydroxyl groups is 1. The predicted octanol–water partition coefficient (Wildman–Crippen LogP) is 2.21. The number of esters is 1. The number of methoxy groups -OCH3 is 2. The van der Waals surface area contributed by atoms with Gasteiger partial charge in [0.05, 0.1) is 11.5 Å². The van der Waals surface area contributed by atoms with E-state index in [1.807, 2.05) is 0 Å². The third-order valence-corrected chi connectivity index (χ3v) is 5.44. The number of carbonyl (C=O) groups is 1. The molecule has 1 heterocycles. The number of phenolic OH excluding ortho intramolecular Hbond substituents is 1. The molecule has 0 radical (unpaired) electrons. The SMILES string of the molecule is CO[C@@H]1C[C@]2(CC[C@H](OC(=O)/C=C/c3ccc(O)cc3)C[C@@H]2O)[C@@H](OC)O1. The van der Waals surface area contributed by atoms with Crippen LogP contribution >= 0.6 is 0 Å². The van der Waals surface area contributed by atoms with Gasteiger partial charge in [-0.05, 0) is 36.6 Å². The maximum Gasteiger partial charge on any atom is 0.331 e. The van der Waals surface area contributed by atoms with Gasteiger partial charge in [-0.2, -0.15) is 0 Å². The summed E-state index contributed by atoms with van der Waals surface area (Å²) in [6.07, 6.45) is 3.07. The minimum Gasteiger partial charge on any atom is -0.508 e. The number of benzene rings is 1. The van der Waals surface area contributed by atoms with Crippen LogP contribution in [0, 0.1) is 5.41 Å². The maximum absolute atomic E-state index is 12.1. The average Bonchev–Trinajstić information content (AvgIpc) is 3.03. The van der Waals surface area contributed by atoms with Crippen LogP contribution in [0.15, 0.2) is 30.3 Å². The minimum absolute atomic E-state index is 0.167. The standard InChI is InChI=1S/C20H26O7/c1-24-18-12-20(19(25-2)27-18)10-9-15(11-16(20)22)26-17(23)8-5-13-3-6-14(21)7-4-13/h3-8,15-16,18-19,21-22H,9-12H2,1-2H3/b8-5+/t15-,16-,18-,19-,20-/m0/s1. The van der Waals surface area contributed by atoms with Gasteiger partial charge in [0.15, 0.2) is 12.6 Å². The minimum atomic E-state index is -0.713. The van der Waals surface area contributed by atoms with E-state index in [9.17, 15) is 15.0 Å². The van der Waals surface area contributed by atoms with Crippen LogP contribution in [0.1, 0.15) is 31.2 Å². The highest BCUT2D eigenvalue weighted by Crippen LogP contribution is 2.50. The van der Waals surface area contributed by atoms with E-state index >= 15 is 0 Å². The highest BCUT2D eigenvalue weighted by molar-refractivity contribution is 5.87. The van der Waals surface area contributed by atoms with E-state index in [1.165, 1.54) is 6.08 Å². The predicted molar refractivity (Wildman–Crippen MR) is 96.6 cm³/mol. The first-order chi connectivity index (χ1) is 13.0. The molecule has 2 N–H and O–H groups in total. The molecule has 0 unspecified atom stereocenters. The van der Waals surface area contributed by atoms with Crippen LogP contribution in [0.3, 0.4) is 0 Å². The Labute approximate surface area is 158 Å². The first kappa shape index (κ1) is 19.8. The van der Waals surface area contributed by atoms with Crippen LogP contribution in [0.4, 0.5) is 0 Å². The van der Waals surface area contributed by atoms with Gasteiger partial charge in [-0.1, -0.05) is 12.1 Å². The molecule has 7 heteroatoms. The summed E-state index contributed by atoms with van der Waals surface area (Å²) >= 11 is 0. The van der Waals surface area contributed by atoms with Gasteiger partial charge in [-0.25, -0.2) is 4.79 Å². The summed E-state index contributed by atoms with van der Waals surface area (Å²) in [4.78, 5) is 12.1. The Morgan fingerprint density at radius 2 is 2.00 bits per heavy atom. The monoisotopic (exact) mass is 378 g/mol. The van der Waals surface area contributed by atoms with E-state index in [1.54, 1.807) is 44.6 Å². The Balaban J connectivity index is 1.56. The largest absolute Gasteiger partial charge is 0.508 e. The van der Waals surface area contributed by atoms with Gasteiger partial charge >= 0.3 is 5.97 Å². The fraction of sp³-hybridized carbons (Fsp3) is 0.550. The van der Waals surface area contributed by atoms with E-state index < -0.39 is 30.1 Å². The summed E-state index contributed by atoms with van der Waals surface area (Å²) in [7, 11) is 3.12. The van der Waals surface area contributed by atoms with Crippen molar-refractivity contribution in [2.24, 2.45) is 5.41 Å². The molecule has 1 saturated heterocycles. The molecule has 0 amide bonds. The van der Waals surface area contributed by atoms with Crippen LogP contribution < -0.4 is 0 Å². The molecular weight excluding hydrogens is 352 g/mol. The normalized spacial score (nSPS) is 33.6. The Morgan fingerprint density at radius 1 is 1.26 bits per heavy atom. The van der Waals surface area contributed by atoms with Crippen LogP contribution in [-0.4, -0.2) is 55.2 Å². The summed E-state index contributed by atoms with van der Waals surface area (Å²) in [6.45, 7) is 0. The van der Waals surface area contributed by atoms with Gasteiger partial charge in [0.2, 0.25) is 0 Å². The number of hydrogen-bond donors (Lipinski definition) is 2. The van der Waals surface area contributed by atoms with Gasteiger partial charge in [-0.15, -0.1) is 0 Å². The quantitative estimate of drug-likeness (QED) is 0.599. The topological polar surface area (TPSA) is 94.5 Å². The van der Waals surface area contributed by atoms with Crippen molar-refractivity contribution in [2.45, 2.75) is 50.5 Å². The number of aliphatic hydroxyl groups excluding tert-OH is 1. The first-order valence-electron chi connectivity index (χ1n) is 9.03. The summed E-state index contributed by atoms with van der Waals surface area (Å²) in [5.41, 5.74) is 0.240. The fourth-order valence-corrected chi connectivity index (χ4v) is 3.93. The van der Waals surface area contributed by atoms with E-state index in [0.29, 0.717) is 25.7 Å². The number of aliphatic hydroxyl groups is 1. The van der Waals surface area contributed by atoms with Gasteiger partial charge in [0.25, 0.3) is 0 Å². The molecule has 1 saturated carbocycles. The van der Waals surface area contributed by atoms with Gasteiger partial charge in [0, 0.05) is 33.1 Å². The number of hydrogen-bond acceptors (Lipinski definition) is 7. The molecule has 2 aliphatic rings. The molecule has 27 heavy (non-hydrogen) atoms. The van der Waals surface area contributed by atoms with Crippen LogP contribution in [0.5, 0.6) is 5.75 Å². The Hall–Kier alpha value is -1.93. The molecule has 1 aliphatic carbocycles. The van der Waals surface area contributed by atoms with Crippen LogP contribution in [-0.2, 0) is 23.7 Å². The zero-order valence-corrected chi connectivity index (χ0v) is 15.5. The number of phenols is 1. The molecule has 0 bridgehead atoms. The summed E-state index contributed by atoms with van der Waals surface area (Å²) in [6, 6.07) is 6.49. The molecular formula is C20H26O7. The molecule has 1 aromatic rings. The van der Waals surface area contributed by atoms with E-state index in [-0.39, 0.29) is 11.9 Å². The van der Waals surface area contributed by atoms with Crippen LogP contribution in [0.25, 0.3) is 6.08 Å². The van der Waals surface area contributed by atoms with Gasteiger partial charge in [0.1, 0.15) is 11.9 Å². The Morgan fingerprint density at radius 3 is 2.63 bits per heavy atom. The van der Waals surface area contributed by atoms with Crippen molar-refractivity contribution in [3.05, 3.63) is 35.9 Å². The lowest BCUT2D eigenvalue weighted by atomic mass is 9.69. The summed E-state index contributed by atoms with van der Waals surface area (Å²) in [5, 5.41) is 20.0. The van der Waals surface area contributed by atoms with Crippen molar-refractivity contribution in [3.63, 3.8) is 0 Å². The molecule has 1 aromatic carbocycles. The molecule has 0 aromatic heterocycles. The maximum atomic E-state index is 12.1. The van der Waals surface area contributed by atoms with E-state index in [4.69, 9.17) is 18.9 Å². The lowest BCUT2D eigenvalue weighted by Crippen LogP contribution is -2.49. The summed E-state index contributed by atoms with van der Waals surface area (Å²) in [5.74, 6) is -0.294. The number of carbonyl (C=O) groups excluding carboxylic acids is 1. The second-order valence-electron chi connectivity index (χ2n) is 7.08. The van der Waals surface area contributed by atoms with Crippen LogP contribution in [0.2, 0.25) is 0 Å². The zero-order chi connectivity index (χ0) is 19.4. The average molecular weight is 378 g/mol. The number of ether oxygens (including phenoxy) is 4. The smallest absolute Gasteiger partial charge is 0.331 e. The highest BCUT2D eigenvalue weighted by Gasteiger charge is 2.56. The molecule has 3 rings (SSSR count). The third kappa shape index (κ3) is 4.32. The Kier molecular flexibility index (Phi) is 6.16. The Bertz CT molecular complexity index is 671. The fourth-order valence-electron chi connectivity index (χ4n) is 3.93. The van der Waals surface area contributed by atoms with Crippen molar-refractivity contribution in [1.29, 1.82) is 0 Å². The van der Waals surface area contributed by atoms with E-state index in [2.05, 4.69) is 0 Å².